The van der Waals surface area contributed by atoms with Crippen molar-refractivity contribution >= 4 is 28.8 Å². The lowest BCUT2D eigenvalue weighted by Gasteiger charge is -2.12. The van der Waals surface area contributed by atoms with E-state index in [1.165, 1.54) is 18.3 Å². The van der Waals surface area contributed by atoms with Gasteiger partial charge >= 0.3 is 0 Å². The number of aromatic amines is 1. The van der Waals surface area contributed by atoms with E-state index in [9.17, 15) is 4.39 Å². The number of halogens is 2. The molecule has 3 rings (SSSR count). The van der Waals surface area contributed by atoms with Crippen molar-refractivity contribution in [1.82, 2.24) is 4.98 Å². The minimum absolute atomic E-state index is 0.215. The van der Waals surface area contributed by atoms with Gasteiger partial charge in [-0.05, 0) is 42.0 Å². The van der Waals surface area contributed by atoms with Crippen LogP contribution in [0.3, 0.4) is 0 Å². The van der Waals surface area contributed by atoms with E-state index in [2.05, 4.69) is 21.9 Å². The molecule has 0 amide bonds. The number of hydrogen-bond donors (Lipinski definition) is 3. The molecule has 27 heavy (non-hydrogen) atoms. The number of benzene rings is 2. The molecule has 0 unspecified atom stereocenters. The summed E-state index contributed by atoms with van der Waals surface area (Å²) >= 11 is 6.31. The largest absolute Gasteiger partial charge is 0.487 e. The number of rotatable bonds is 6. The van der Waals surface area contributed by atoms with Gasteiger partial charge in [-0.2, -0.15) is 0 Å². The van der Waals surface area contributed by atoms with Crippen molar-refractivity contribution in [2.24, 2.45) is 4.99 Å². The summed E-state index contributed by atoms with van der Waals surface area (Å²) in [5.41, 5.74) is 8.56. The molecule has 0 radical (unpaired) electrons. The van der Waals surface area contributed by atoms with Crippen molar-refractivity contribution in [3.05, 3.63) is 89.6 Å². The van der Waals surface area contributed by atoms with Gasteiger partial charge in [0.15, 0.2) is 5.84 Å². The highest BCUT2D eigenvalue weighted by atomic mass is 35.5. The summed E-state index contributed by atoms with van der Waals surface area (Å²) in [6.45, 7) is 3.83. The predicted octanol–water partition coefficient (Wildman–Crippen LogP) is 4.97. The third kappa shape index (κ3) is 4.68. The van der Waals surface area contributed by atoms with Gasteiger partial charge in [0.2, 0.25) is 0 Å². The molecule has 0 aliphatic carbocycles. The zero-order valence-electron chi connectivity index (χ0n) is 14.4. The Morgan fingerprint density at radius 1 is 1.30 bits per heavy atom. The SMILES string of the molecule is C=CN=C(Nc1ccc(OCc2cccc(F)c2)c(Cl)c1)c1[nH]ccc1N. The summed E-state index contributed by atoms with van der Waals surface area (Å²) in [5.74, 6) is 0.699. The molecule has 3 aromatic rings. The number of H-pyrrole nitrogens is 1. The second kappa shape index (κ2) is 8.42. The maximum atomic E-state index is 13.2. The number of aliphatic imine (C=N–C) groups is 1. The quantitative estimate of drug-likeness (QED) is 0.415. The van der Waals surface area contributed by atoms with E-state index in [1.54, 1.807) is 42.6 Å². The summed E-state index contributed by atoms with van der Waals surface area (Å²) in [7, 11) is 0. The van der Waals surface area contributed by atoms with E-state index in [-0.39, 0.29) is 12.4 Å². The molecule has 0 saturated carbocycles. The third-order valence-electron chi connectivity index (χ3n) is 3.71. The number of nitrogens with one attached hydrogen (secondary N) is 2. The molecule has 0 spiro atoms. The van der Waals surface area contributed by atoms with Gasteiger partial charge in [0.25, 0.3) is 0 Å². The Morgan fingerprint density at radius 3 is 2.81 bits per heavy atom. The molecule has 0 aliphatic heterocycles. The first-order valence-electron chi connectivity index (χ1n) is 8.12. The Morgan fingerprint density at radius 2 is 2.15 bits per heavy atom. The van der Waals surface area contributed by atoms with Crippen molar-refractivity contribution in [3.8, 4) is 5.75 Å². The Bertz CT molecular complexity index is 984. The van der Waals surface area contributed by atoms with Gasteiger partial charge < -0.3 is 20.8 Å². The number of amidine groups is 1. The van der Waals surface area contributed by atoms with Crippen LogP contribution in [0.4, 0.5) is 15.8 Å². The lowest BCUT2D eigenvalue weighted by atomic mass is 10.2. The Balaban J connectivity index is 1.73. The number of nitrogens with zero attached hydrogens (tertiary/aromatic N) is 1. The zero-order chi connectivity index (χ0) is 19.2. The highest BCUT2D eigenvalue weighted by Gasteiger charge is 2.10. The highest BCUT2D eigenvalue weighted by Crippen LogP contribution is 2.29. The number of hydrogen-bond acceptors (Lipinski definition) is 3. The molecule has 0 aliphatic rings. The monoisotopic (exact) mass is 384 g/mol. The van der Waals surface area contributed by atoms with Gasteiger partial charge in [0.1, 0.15) is 23.9 Å². The van der Waals surface area contributed by atoms with E-state index < -0.39 is 0 Å². The molecule has 0 bridgehead atoms. The average Bonchev–Trinajstić information content (AvgIpc) is 3.07. The van der Waals surface area contributed by atoms with Crippen molar-refractivity contribution < 1.29 is 9.13 Å². The number of aromatic nitrogens is 1. The molecule has 5 nitrogen and oxygen atoms in total. The Hall–Kier alpha value is -3.25. The molecule has 0 fully saturated rings. The van der Waals surface area contributed by atoms with E-state index in [4.69, 9.17) is 22.1 Å². The van der Waals surface area contributed by atoms with Gasteiger partial charge in [-0.25, -0.2) is 9.38 Å². The molecule has 1 heterocycles. The fourth-order valence-corrected chi connectivity index (χ4v) is 2.69. The lowest BCUT2D eigenvalue weighted by Crippen LogP contribution is -2.15. The van der Waals surface area contributed by atoms with Crippen molar-refractivity contribution in [2.75, 3.05) is 11.1 Å². The van der Waals surface area contributed by atoms with Crippen LogP contribution in [0.2, 0.25) is 5.02 Å². The predicted molar refractivity (Wildman–Crippen MR) is 108 cm³/mol. The summed E-state index contributed by atoms with van der Waals surface area (Å²) < 4.78 is 18.9. The van der Waals surface area contributed by atoms with Crippen LogP contribution in [0.15, 0.2) is 72.5 Å². The minimum atomic E-state index is -0.306. The van der Waals surface area contributed by atoms with Crippen LogP contribution >= 0.6 is 11.6 Å². The number of anilines is 2. The summed E-state index contributed by atoms with van der Waals surface area (Å²) in [4.78, 5) is 7.23. The summed E-state index contributed by atoms with van der Waals surface area (Å²) in [6, 6.07) is 13.2. The molecular weight excluding hydrogens is 367 g/mol. The molecule has 4 N–H and O–H groups in total. The smallest absolute Gasteiger partial charge is 0.156 e. The molecular formula is C20H18ClFN4O. The van der Waals surface area contributed by atoms with E-state index in [0.29, 0.717) is 33.7 Å². The fourth-order valence-electron chi connectivity index (χ4n) is 2.46. The van der Waals surface area contributed by atoms with E-state index in [1.807, 2.05) is 0 Å². The first kappa shape index (κ1) is 18.5. The Labute approximate surface area is 161 Å². The van der Waals surface area contributed by atoms with Gasteiger partial charge in [-0.15, -0.1) is 0 Å². The van der Waals surface area contributed by atoms with Gasteiger partial charge in [-0.1, -0.05) is 30.3 Å². The highest BCUT2D eigenvalue weighted by molar-refractivity contribution is 6.32. The van der Waals surface area contributed by atoms with Crippen LogP contribution in [0.5, 0.6) is 5.75 Å². The van der Waals surface area contributed by atoms with Crippen LogP contribution in [0.25, 0.3) is 0 Å². The van der Waals surface area contributed by atoms with Crippen LogP contribution in [-0.4, -0.2) is 10.8 Å². The van der Waals surface area contributed by atoms with Crippen LogP contribution < -0.4 is 15.8 Å². The van der Waals surface area contributed by atoms with Crippen molar-refractivity contribution in [1.29, 1.82) is 0 Å². The lowest BCUT2D eigenvalue weighted by molar-refractivity contribution is 0.306. The maximum Gasteiger partial charge on any atom is 0.156 e. The van der Waals surface area contributed by atoms with Crippen LogP contribution in [-0.2, 0) is 6.61 Å². The van der Waals surface area contributed by atoms with E-state index in [0.717, 1.165) is 5.56 Å². The normalized spacial score (nSPS) is 11.3. The maximum absolute atomic E-state index is 13.2. The van der Waals surface area contributed by atoms with Crippen molar-refractivity contribution in [2.45, 2.75) is 6.61 Å². The summed E-state index contributed by atoms with van der Waals surface area (Å²) in [6.07, 6.45) is 3.14. The molecule has 7 heteroatoms. The van der Waals surface area contributed by atoms with Gasteiger partial charge in [-0.3, -0.25) is 0 Å². The Kier molecular flexibility index (Phi) is 5.78. The average molecular weight is 385 g/mol. The van der Waals surface area contributed by atoms with Crippen LogP contribution in [0, 0.1) is 5.82 Å². The summed E-state index contributed by atoms with van der Waals surface area (Å²) in [5, 5.41) is 3.56. The minimum Gasteiger partial charge on any atom is -0.487 e. The third-order valence-corrected chi connectivity index (χ3v) is 4.01. The standard InChI is InChI=1S/C20H18ClFN4O/c1-2-24-20(19-17(23)8-9-25-19)26-15-6-7-18(16(21)11-15)27-12-13-4-3-5-14(22)10-13/h2-11,25H,1,12,23H2,(H,24,26). The zero-order valence-corrected chi connectivity index (χ0v) is 15.1. The number of nitrogens with two attached hydrogens (primary N) is 1. The van der Waals surface area contributed by atoms with Gasteiger partial charge in [0, 0.05) is 18.1 Å². The first-order chi connectivity index (χ1) is 13.1. The number of nitrogen functional groups attached to an aromatic ring is 1. The van der Waals surface area contributed by atoms with Crippen LogP contribution in [0.1, 0.15) is 11.3 Å². The molecule has 1 aromatic heterocycles. The molecule has 2 aromatic carbocycles. The second-order valence-electron chi connectivity index (χ2n) is 5.66. The fraction of sp³-hybridized carbons (Fsp3) is 0.0500. The van der Waals surface area contributed by atoms with Crippen molar-refractivity contribution in [3.63, 3.8) is 0 Å². The molecule has 0 saturated heterocycles. The topological polar surface area (TPSA) is 75.4 Å². The number of ether oxygens (including phenoxy) is 1. The second-order valence-corrected chi connectivity index (χ2v) is 6.06. The molecule has 138 valence electrons. The molecule has 0 atom stereocenters. The first-order valence-corrected chi connectivity index (χ1v) is 8.50. The van der Waals surface area contributed by atoms with Gasteiger partial charge in [0.05, 0.1) is 10.7 Å². The van der Waals surface area contributed by atoms with E-state index >= 15 is 0 Å².